The Morgan fingerprint density at radius 2 is 1.65 bits per heavy atom. The van der Waals surface area contributed by atoms with Gasteiger partial charge in [-0.05, 0) is 25.8 Å². The van der Waals surface area contributed by atoms with E-state index >= 15 is 0 Å². The smallest absolute Gasteiger partial charge is 0.115 e. The molecule has 1 aromatic rings. The zero-order valence-corrected chi connectivity index (χ0v) is 12.3. The van der Waals surface area contributed by atoms with Crippen molar-refractivity contribution < 1.29 is 4.57 Å². The van der Waals surface area contributed by atoms with Crippen LogP contribution < -0.4 is 5.30 Å². The fraction of sp³-hybridized carbons (Fsp3) is 0.600. The molecule has 0 unspecified atom stereocenters. The summed E-state index contributed by atoms with van der Waals surface area (Å²) in [6.45, 7) is 6.41. The van der Waals surface area contributed by atoms with E-state index in [-0.39, 0.29) is 0 Å². The molecule has 0 radical (unpaired) electrons. The van der Waals surface area contributed by atoms with Crippen molar-refractivity contribution in [2.75, 3.05) is 12.3 Å². The summed E-state index contributed by atoms with van der Waals surface area (Å²) in [5.41, 5.74) is 1.22. The van der Waals surface area contributed by atoms with Gasteiger partial charge in [0.1, 0.15) is 7.14 Å². The summed E-state index contributed by atoms with van der Waals surface area (Å²) in [6.07, 6.45) is 6.17. The van der Waals surface area contributed by atoms with Crippen LogP contribution in [0.3, 0.4) is 0 Å². The lowest BCUT2D eigenvalue weighted by Gasteiger charge is -2.18. The second-order valence-electron chi connectivity index (χ2n) is 4.88. The van der Waals surface area contributed by atoms with Gasteiger partial charge in [-0.15, -0.1) is 0 Å². The highest BCUT2D eigenvalue weighted by Gasteiger charge is 2.23. The third-order valence-corrected chi connectivity index (χ3v) is 6.51. The lowest BCUT2D eigenvalue weighted by Crippen LogP contribution is -2.11. The van der Waals surface area contributed by atoms with Crippen molar-refractivity contribution in [3.05, 3.63) is 29.8 Å². The molecular weight excluding hydrogens is 227 g/mol. The van der Waals surface area contributed by atoms with Crippen LogP contribution in [0.2, 0.25) is 0 Å². The molecule has 96 valence electrons. The first kappa shape index (κ1) is 14.5. The standard InChI is InChI=1S/C15H25OP/c1-4-6-11-17(16,12-7-5-2)15-10-8-9-14(3)13-15/h8-10,13H,4-7,11-12H2,1-3H3. The van der Waals surface area contributed by atoms with E-state index < -0.39 is 7.14 Å². The maximum atomic E-state index is 13.1. The number of hydrogen-bond donors (Lipinski definition) is 0. The van der Waals surface area contributed by atoms with Gasteiger partial charge in [-0.2, -0.15) is 0 Å². The van der Waals surface area contributed by atoms with Crippen molar-refractivity contribution in [2.45, 2.75) is 46.5 Å². The first-order valence-corrected chi connectivity index (χ1v) is 8.85. The van der Waals surface area contributed by atoms with Gasteiger partial charge in [-0.3, -0.25) is 0 Å². The van der Waals surface area contributed by atoms with Crippen molar-refractivity contribution in [1.29, 1.82) is 0 Å². The zero-order valence-electron chi connectivity index (χ0n) is 11.4. The van der Waals surface area contributed by atoms with Crippen LogP contribution in [0, 0.1) is 6.92 Å². The number of aryl methyl sites for hydroxylation is 1. The average Bonchev–Trinajstić information content (AvgIpc) is 2.34. The third kappa shape index (κ3) is 4.32. The molecular formula is C15H25OP. The van der Waals surface area contributed by atoms with Crippen molar-refractivity contribution in [3.63, 3.8) is 0 Å². The Kier molecular flexibility index (Phi) is 5.98. The van der Waals surface area contributed by atoms with Crippen LogP contribution in [0.4, 0.5) is 0 Å². The van der Waals surface area contributed by atoms with E-state index in [4.69, 9.17) is 0 Å². The maximum Gasteiger partial charge on any atom is 0.115 e. The van der Waals surface area contributed by atoms with Crippen molar-refractivity contribution >= 4 is 12.4 Å². The van der Waals surface area contributed by atoms with E-state index in [9.17, 15) is 4.57 Å². The molecule has 0 spiro atoms. The van der Waals surface area contributed by atoms with Gasteiger partial charge in [0.25, 0.3) is 0 Å². The molecule has 0 amide bonds. The fourth-order valence-electron chi connectivity index (χ4n) is 2.08. The monoisotopic (exact) mass is 252 g/mol. The van der Waals surface area contributed by atoms with E-state index in [0.29, 0.717) is 0 Å². The molecule has 1 aromatic carbocycles. The van der Waals surface area contributed by atoms with Crippen LogP contribution >= 0.6 is 7.14 Å². The summed E-state index contributed by atoms with van der Waals surface area (Å²) in [6, 6.07) is 8.29. The van der Waals surface area contributed by atoms with E-state index in [1.165, 1.54) is 5.56 Å². The molecule has 0 bridgehead atoms. The lowest BCUT2D eigenvalue weighted by atomic mass is 10.2. The Labute approximate surface area is 106 Å². The molecule has 0 aromatic heterocycles. The van der Waals surface area contributed by atoms with Crippen molar-refractivity contribution in [2.24, 2.45) is 0 Å². The van der Waals surface area contributed by atoms with Crippen LogP contribution in [-0.2, 0) is 4.57 Å². The third-order valence-electron chi connectivity index (χ3n) is 3.22. The van der Waals surface area contributed by atoms with Crippen LogP contribution in [0.1, 0.15) is 45.1 Å². The van der Waals surface area contributed by atoms with Gasteiger partial charge >= 0.3 is 0 Å². The highest BCUT2D eigenvalue weighted by molar-refractivity contribution is 7.71. The largest absolute Gasteiger partial charge is 0.319 e. The fourth-order valence-corrected chi connectivity index (χ4v) is 5.27. The summed E-state index contributed by atoms with van der Waals surface area (Å²) in [5.74, 6) is 0. The average molecular weight is 252 g/mol. The Bertz CT molecular complexity index is 372. The molecule has 0 aliphatic carbocycles. The first-order valence-electron chi connectivity index (χ1n) is 6.77. The summed E-state index contributed by atoms with van der Waals surface area (Å²) >= 11 is 0. The van der Waals surface area contributed by atoms with E-state index in [1.807, 2.05) is 6.07 Å². The van der Waals surface area contributed by atoms with Gasteiger partial charge in [-0.25, -0.2) is 0 Å². The molecule has 0 fully saturated rings. The van der Waals surface area contributed by atoms with E-state index in [1.54, 1.807) is 0 Å². The molecule has 0 atom stereocenters. The second-order valence-corrected chi connectivity index (χ2v) is 8.07. The molecule has 17 heavy (non-hydrogen) atoms. The van der Waals surface area contributed by atoms with Gasteiger partial charge in [0.2, 0.25) is 0 Å². The van der Waals surface area contributed by atoms with Crippen LogP contribution in [0.15, 0.2) is 24.3 Å². The van der Waals surface area contributed by atoms with Crippen LogP contribution in [0.25, 0.3) is 0 Å². The Morgan fingerprint density at radius 3 is 2.12 bits per heavy atom. The Hall–Kier alpha value is -0.550. The molecule has 0 aliphatic rings. The highest BCUT2D eigenvalue weighted by Crippen LogP contribution is 2.46. The van der Waals surface area contributed by atoms with Gasteiger partial charge in [0, 0.05) is 17.6 Å². The Morgan fingerprint density at radius 1 is 1.06 bits per heavy atom. The number of benzene rings is 1. The Balaban J connectivity index is 2.92. The summed E-state index contributed by atoms with van der Waals surface area (Å²) in [4.78, 5) is 0. The molecule has 2 heteroatoms. The lowest BCUT2D eigenvalue weighted by molar-refractivity contribution is 0.576. The molecule has 1 rings (SSSR count). The van der Waals surface area contributed by atoms with Gasteiger partial charge in [0.05, 0.1) is 0 Å². The first-order chi connectivity index (χ1) is 8.12. The molecule has 0 N–H and O–H groups in total. The minimum Gasteiger partial charge on any atom is -0.319 e. The predicted molar refractivity (Wildman–Crippen MR) is 78.0 cm³/mol. The predicted octanol–water partition coefficient (Wildman–Crippen LogP) is 4.58. The van der Waals surface area contributed by atoms with E-state index in [2.05, 4.69) is 39.0 Å². The minimum atomic E-state index is -2.13. The van der Waals surface area contributed by atoms with Gasteiger partial charge in [0.15, 0.2) is 0 Å². The SMILES string of the molecule is CCCCP(=O)(CCCC)c1cccc(C)c1. The maximum absolute atomic E-state index is 13.1. The highest BCUT2D eigenvalue weighted by atomic mass is 31.2. The summed E-state index contributed by atoms with van der Waals surface area (Å²) in [7, 11) is -2.13. The minimum absolute atomic E-state index is 0.882. The van der Waals surface area contributed by atoms with Gasteiger partial charge in [-0.1, -0.05) is 50.5 Å². The number of hydrogen-bond acceptors (Lipinski definition) is 1. The molecule has 1 nitrogen and oxygen atoms in total. The molecule has 0 aliphatic heterocycles. The van der Waals surface area contributed by atoms with Crippen molar-refractivity contribution in [1.82, 2.24) is 0 Å². The number of rotatable bonds is 7. The quantitative estimate of drug-likeness (QED) is 0.649. The molecule has 0 heterocycles. The number of unbranched alkanes of at least 4 members (excludes halogenated alkanes) is 2. The van der Waals surface area contributed by atoms with Crippen molar-refractivity contribution in [3.8, 4) is 0 Å². The van der Waals surface area contributed by atoms with Gasteiger partial charge < -0.3 is 4.57 Å². The normalized spacial score (nSPS) is 11.7. The summed E-state index contributed by atoms with van der Waals surface area (Å²) in [5, 5.41) is 1.10. The molecule has 0 saturated carbocycles. The molecule has 0 saturated heterocycles. The second kappa shape index (κ2) is 7.01. The summed E-state index contributed by atoms with van der Waals surface area (Å²) < 4.78 is 13.1. The van der Waals surface area contributed by atoms with E-state index in [0.717, 1.165) is 43.3 Å². The van der Waals surface area contributed by atoms with Crippen LogP contribution in [-0.4, -0.2) is 12.3 Å². The van der Waals surface area contributed by atoms with Crippen LogP contribution in [0.5, 0.6) is 0 Å². The topological polar surface area (TPSA) is 17.1 Å². The zero-order chi connectivity index (χ0) is 12.7.